The molecule has 0 atom stereocenters. The van der Waals surface area contributed by atoms with Gasteiger partial charge >= 0.3 is 0 Å². The topological polar surface area (TPSA) is 83.5 Å². The molecule has 0 aliphatic rings. The molecule has 0 saturated carbocycles. The maximum atomic E-state index is 4.85. The van der Waals surface area contributed by atoms with E-state index in [4.69, 9.17) is 11.5 Å². The van der Waals surface area contributed by atoms with Gasteiger partial charge in [0, 0.05) is 0 Å². The average molecular weight is 108 g/mol. The lowest BCUT2D eigenvalue weighted by atomic mass is 10.8. The molecule has 0 spiro atoms. The summed E-state index contributed by atoms with van der Waals surface area (Å²) >= 11 is 0. The van der Waals surface area contributed by atoms with Crippen LogP contribution in [-0.2, 0) is 0 Å². The van der Waals surface area contributed by atoms with Crippen molar-refractivity contribution >= 4 is 0 Å². The normalized spacial score (nSPS) is 5.14. The van der Waals surface area contributed by atoms with E-state index in [1.165, 1.54) is 0 Å². The summed E-state index contributed by atoms with van der Waals surface area (Å²) in [5.74, 6) is 0. The molecule has 0 fully saturated rings. The van der Waals surface area contributed by atoms with E-state index in [2.05, 4.69) is 0 Å². The van der Waals surface area contributed by atoms with Gasteiger partial charge in [-0.25, -0.2) is 0 Å². The monoisotopic (exact) mass is 108 g/mol. The molecule has 0 heterocycles. The Hall–Kier alpha value is -0.120. The maximum Gasteiger partial charge on any atom is -0.0106 e. The molecule has 0 aliphatic heterocycles. The predicted octanol–water partition coefficient (Wildman–Crippen LogP) is -0.895. The first-order chi connectivity index (χ1) is 2.83. The summed E-state index contributed by atoms with van der Waals surface area (Å²) in [7, 11) is 0. The predicted molar refractivity (Wildman–Crippen MR) is 33.1 cm³/mol. The second-order valence-corrected chi connectivity index (χ2v) is 0.816. The molecule has 0 unspecified atom stereocenters. The van der Waals surface area contributed by atoms with Crippen LogP contribution in [0.1, 0.15) is 13.8 Å². The third-order valence-corrected chi connectivity index (χ3v) is 0. The minimum absolute atomic E-state index is 0. The molecular formula is C4H16N2O. The highest BCUT2D eigenvalue weighted by molar-refractivity contribution is 4.00. The van der Waals surface area contributed by atoms with Gasteiger partial charge in [-0.3, -0.25) is 0 Å². The fourth-order valence-electron chi connectivity index (χ4n) is 0. The van der Waals surface area contributed by atoms with Gasteiger partial charge in [-0.1, -0.05) is 13.8 Å². The van der Waals surface area contributed by atoms with Gasteiger partial charge in [-0.2, -0.15) is 0 Å². The highest BCUT2D eigenvalue weighted by Crippen LogP contribution is 1.20. The van der Waals surface area contributed by atoms with Crippen molar-refractivity contribution in [3.63, 3.8) is 0 Å². The Labute approximate surface area is 45.0 Å². The van der Waals surface area contributed by atoms with Crippen molar-refractivity contribution in [2.24, 2.45) is 11.5 Å². The SMILES string of the molecule is CCN.CCN.O. The van der Waals surface area contributed by atoms with Crippen LogP contribution in [0.25, 0.3) is 0 Å². The summed E-state index contributed by atoms with van der Waals surface area (Å²) in [6.45, 7) is 5.31. The van der Waals surface area contributed by atoms with E-state index in [9.17, 15) is 0 Å². The van der Waals surface area contributed by atoms with E-state index in [-0.39, 0.29) is 5.48 Å². The first-order valence-electron chi connectivity index (χ1n) is 2.23. The lowest BCUT2D eigenvalue weighted by molar-refractivity contribution is 0.824. The van der Waals surface area contributed by atoms with Crippen molar-refractivity contribution in [1.29, 1.82) is 0 Å². The van der Waals surface area contributed by atoms with Crippen LogP contribution in [0.4, 0.5) is 0 Å². The third-order valence-electron chi connectivity index (χ3n) is 0. The first kappa shape index (κ1) is 15.8. The second-order valence-electron chi connectivity index (χ2n) is 0.816. The van der Waals surface area contributed by atoms with Crippen molar-refractivity contribution in [3.8, 4) is 0 Å². The zero-order valence-electron chi connectivity index (χ0n) is 5.07. The molecule has 3 heteroatoms. The quantitative estimate of drug-likeness (QED) is 0.421. The summed E-state index contributed by atoms with van der Waals surface area (Å²) in [5, 5.41) is 0. The lowest BCUT2D eigenvalue weighted by Crippen LogP contribution is -1.87. The van der Waals surface area contributed by atoms with Crippen molar-refractivity contribution in [1.82, 2.24) is 0 Å². The van der Waals surface area contributed by atoms with E-state index >= 15 is 0 Å². The van der Waals surface area contributed by atoms with Crippen LogP contribution < -0.4 is 11.5 Å². The molecular weight excluding hydrogens is 92.1 g/mol. The minimum atomic E-state index is 0. The van der Waals surface area contributed by atoms with Gasteiger partial charge < -0.3 is 16.9 Å². The summed E-state index contributed by atoms with van der Waals surface area (Å²) in [4.78, 5) is 0. The van der Waals surface area contributed by atoms with Gasteiger partial charge in [-0.05, 0) is 13.1 Å². The summed E-state index contributed by atoms with van der Waals surface area (Å²) < 4.78 is 0. The van der Waals surface area contributed by atoms with Crippen molar-refractivity contribution in [3.05, 3.63) is 0 Å². The summed E-state index contributed by atoms with van der Waals surface area (Å²) in [6, 6.07) is 0. The van der Waals surface area contributed by atoms with Crippen LogP contribution in [0.5, 0.6) is 0 Å². The maximum absolute atomic E-state index is 4.85. The summed E-state index contributed by atoms with van der Waals surface area (Å²) in [6.07, 6.45) is 0. The van der Waals surface area contributed by atoms with Crippen LogP contribution in [0.15, 0.2) is 0 Å². The first-order valence-corrected chi connectivity index (χ1v) is 2.23. The number of nitrogens with two attached hydrogens (primary N) is 2. The largest absolute Gasteiger partial charge is 0.412 e. The Balaban J connectivity index is -0.0000000400. The van der Waals surface area contributed by atoms with E-state index in [1.807, 2.05) is 13.8 Å². The number of rotatable bonds is 0. The van der Waals surface area contributed by atoms with Crippen LogP contribution in [-0.4, -0.2) is 18.6 Å². The average Bonchev–Trinajstić information content (AvgIpc) is 1.39. The summed E-state index contributed by atoms with van der Waals surface area (Å²) in [5.41, 5.74) is 9.69. The fourth-order valence-corrected chi connectivity index (χ4v) is 0. The van der Waals surface area contributed by atoms with E-state index in [1.54, 1.807) is 0 Å². The minimum Gasteiger partial charge on any atom is -0.412 e. The second kappa shape index (κ2) is 39.6. The molecule has 0 rings (SSSR count). The highest BCUT2D eigenvalue weighted by Gasteiger charge is 1.33. The number of hydrogen-bond acceptors (Lipinski definition) is 2. The zero-order chi connectivity index (χ0) is 5.41. The molecule has 0 aromatic rings. The molecule has 6 N–H and O–H groups in total. The van der Waals surface area contributed by atoms with E-state index in [0.29, 0.717) is 0 Å². The lowest BCUT2D eigenvalue weighted by Gasteiger charge is -1.53. The standard InChI is InChI=1S/2C2H7N.H2O/c2*1-2-3;/h2*2-3H2,1H3;1H2. The van der Waals surface area contributed by atoms with Gasteiger partial charge in [0.05, 0.1) is 0 Å². The fraction of sp³-hybridized carbons (Fsp3) is 1.00. The molecule has 0 aromatic carbocycles. The Bertz CT molecular complexity index is 11.7. The molecule has 7 heavy (non-hydrogen) atoms. The molecule has 0 bridgehead atoms. The zero-order valence-corrected chi connectivity index (χ0v) is 5.07. The van der Waals surface area contributed by atoms with E-state index in [0.717, 1.165) is 13.1 Å². The number of hydrogen-bond donors (Lipinski definition) is 2. The van der Waals surface area contributed by atoms with Gasteiger partial charge in [0.2, 0.25) is 0 Å². The molecule has 48 valence electrons. The molecule has 0 aliphatic carbocycles. The Morgan fingerprint density at radius 2 is 1.00 bits per heavy atom. The Kier molecular flexibility index (Phi) is 89.4. The molecule has 0 radical (unpaired) electrons. The van der Waals surface area contributed by atoms with E-state index < -0.39 is 0 Å². The third kappa shape index (κ3) is 6150. The van der Waals surface area contributed by atoms with Gasteiger partial charge in [-0.15, -0.1) is 0 Å². The van der Waals surface area contributed by atoms with Gasteiger partial charge in [0.1, 0.15) is 0 Å². The van der Waals surface area contributed by atoms with Crippen LogP contribution in [0, 0.1) is 0 Å². The molecule has 0 aromatic heterocycles. The molecule has 0 amide bonds. The van der Waals surface area contributed by atoms with Crippen LogP contribution in [0.3, 0.4) is 0 Å². The van der Waals surface area contributed by atoms with Crippen molar-refractivity contribution < 1.29 is 5.48 Å². The smallest absolute Gasteiger partial charge is 0.0106 e. The van der Waals surface area contributed by atoms with Crippen LogP contribution in [0.2, 0.25) is 0 Å². The molecule has 0 saturated heterocycles. The Morgan fingerprint density at radius 1 is 1.00 bits per heavy atom. The van der Waals surface area contributed by atoms with Gasteiger partial charge in [0.25, 0.3) is 0 Å². The van der Waals surface area contributed by atoms with Crippen molar-refractivity contribution in [2.75, 3.05) is 13.1 Å². The molecule has 3 nitrogen and oxygen atoms in total. The van der Waals surface area contributed by atoms with Crippen LogP contribution >= 0.6 is 0 Å². The van der Waals surface area contributed by atoms with Crippen molar-refractivity contribution in [2.45, 2.75) is 13.8 Å². The highest BCUT2D eigenvalue weighted by atomic mass is 16.0. The van der Waals surface area contributed by atoms with Gasteiger partial charge in [0.15, 0.2) is 0 Å². The Morgan fingerprint density at radius 3 is 1.00 bits per heavy atom.